The van der Waals surface area contributed by atoms with Gasteiger partial charge >= 0.3 is 0 Å². The molecule has 1 heterocycles. The van der Waals surface area contributed by atoms with Crippen molar-refractivity contribution >= 4 is 27.7 Å². The van der Waals surface area contributed by atoms with Crippen LogP contribution in [-0.2, 0) is 4.79 Å². The summed E-state index contributed by atoms with van der Waals surface area (Å²) in [6.45, 7) is 2.62. The molecule has 1 atom stereocenters. The molecule has 0 spiro atoms. The number of carbonyl (C=O) groups is 2. The molecule has 5 heteroatoms. The summed E-state index contributed by atoms with van der Waals surface area (Å²) in [6, 6.07) is 5.61. The van der Waals surface area contributed by atoms with Crippen LogP contribution in [0.15, 0.2) is 22.7 Å². The molecule has 1 aliphatic carbocycles. The topological polar surface area (TPSA) is 49.4 Å². The van der Waals surface area contributed by atoms with Gasteiger partial charge in [0.2, 0.25) is 5.91 Å². The Morgan fingerprint density at radius 3 is 2.71 bits per heavy atom. The molecule has 2 aliphatic rings. The summed E-state index contributed by atoms with van der Waals surface area (Å²) >= 11 is 3.44. The van der Waals surface area contributed by atoms with Crippen molar-refractivity contribution in [2.75, 3.05) is 6.54 Å². The lowest BCUT2D eigenvalue weighted by Gasteiger charge is -2.24. The van der Waals surface area contributed by atoms with E-state index in [0.717, 1.165) is 35.7 Å². The summed E-state index contributed by atoms with van der Waals surface area (Å²) in [7, 11) is 0. The molecule has 4 nitrogen and oxygen atoms in total. The van der Waals surface area contributed by atoms with Crippen molar-refractivity contribution in [3.05, 3.63) is 33.8 Å². The quantitative estimate of drug-likeness (QED) is 0.910. The molecule has 1 aliphatic heterocycles. The number of carbonyl (C=O) groups excluding carboxylic acids is 2. The minimum atomic E-state index is -0.304. The fourth-order valence-corrected chi connectivity index (χ4v) is 3.00. The number of hydrogen-bond acceptors (Lipinski definition) is 2. The summed E-state index contributed by atoms with van der Waals surface area (Å²) in [4.78, 5) is 26.6. The maximum atomic E-state index is 12.7. The number of amides is 2. The van der Waals surface area contributed by atoms with Gasteiger partial charge in [-0.1, -0.05) is 15.9 Å². The average molecular weight is 351 g/mol. The molecule has 0 aromatic heterocycles. The fraction of sp³-hybridized carbons (Fsp3) is 0.500. The highest BCUT2D eigenvalue weighted by Gasteiger charge is 2.36. The largest absolute Gasteiger partial charge is 0.352 e. The van der Waals surface area contributed by atoms with Gasteiger partial charge in [-0.15, -0.1) is 0 Å². The first-order valence-electron chi connectivity index (χ1n) is 7.44. The zero-order valence-corrected chi connectivity index (χ0v) is 13.6. The van der Waals surface area contributed by atoms with E-state index in [-0.39, 0.29) is 17.9 Å². The highest BCUT2D eigenvalue weighted by Crippen LogP contribution is 2.25. The molecule has 1 saturated carbocycles. The van der Waals surface area contributed by atoms with Gasteiger partial charge in [-0.25, -0.2) is 0 Å². The first-order chi connectivity index (χ1) is 10.1. The highest BCUT2D eigenvalue weighted by molar-refractivity contribution is 9.10. The maximum Gasteiger partial charge on any atom is 0.254 e. The minimum Gasteiger partial charge on any atom is -0.352 e. The van der Waals surface area contributed by atoms with Crippen LogP contribution in [0.1, 0.15) is 41.6 Å². The van der Waals surface area contributed by atoms with Gasteiger partial charge in [-0.05, 0) is 56.4 Å². The SMILES string of the molecule is Cc1cc(C(=O)N2CCCC2C(=O)NC2CC2)ccc1Br. The molecule has 1 N–H and O–H groups in total. The molecule has 21 heavy (non-hydrogen) atoms. The van der Waals surface area contributed by atoms with E-state index in [1.54, 1.807) is 4.90 Å². The Labute approximate surface area is 133 Å². The van der Waals surface area contributed by atoms with Crippen molar-refractivity contribution in [1.82, 2.24) is 10.2 Å². The van der Waals surface area contributed by atoms with Crippen molar-refractivity contribution in [1.29, 1.82) is 0 Å². The van der Waals surface area contributed by atoms with Gasteiger partial charge in [0.15, 0.2) is 0 Å². The second-order valence-electron chi connectivity index (χ2n) is 5.90. The van der Waals surface area contributed by atoms with E-state index >= 15 is 0 Å². The molecule has 2 fully saturated rings. The molecular formula is C16H19BrN2O2. The number of hydrogen-bond donors (Lipinski definition) is 1. The fourth-order valence-electron chi connectivity index (χ4n) is 2.75. The second-order valence-corrected chi connectivity index (χ2v) is 6.76. The lowest BCUT2D eigenvalue weighted by atomic mass is 10.1. The summed E-state index contributed by atoms with van der Waals surface area (Å²) < 4.78 is 0.989. The van der Waals surface area contributed by atoms with Crippen molar-refractivity contribution in [2.24, 2.45) is 0 Å². The highest BCUT2D eigenvalue weighted by atomic mass is 79.9. The van der Waals surface area contributed by atoms with Gasteiger partial charge in [0, 0.05) is 22.6 Å². The van der Waals surface area contributed by atoms with Crippen molar-refractivity contribution < 1.29 is 9.59 Å². The number of benzene rings is 1. The van der Waals surface area contributed by atoms with Crippen LogP contribution >= 0.6 is 15.9 Å². The summed E-state index contributed by atoms with van der Waals surface area (Å²) in [5.41, 5.74) is 1.68. The minimum absolute atomic E-state index is 0.0113. The van der Waals surface area contributed by atoms with Crippen LogP contribution < -0.4 is 5.32 Å². The first kappa shape index (κ1) is 14.6. The Hall–Kier alpha value is -1.36. The third kappa shape index (κ3) is 3.12. The number of nitrogens with zero attached hydrogens (tertiary/aromatic N) is 1. The first-order valence-corrected chi connectivity index (χ1v) is 8.23. The number of aryl methyl sites for hydroxylation is 1. The van der Waals surface area contributed by atoms with Crippen LogP contribution in [0, 0.1) is 6.92 Å². The Morgan fingerprint density at radius 1 is 1.29 bits per heavy atom. The Balaban J connectivity index is 1.75. The van der Waals surface area contributed by atoms with Crippen LogP contribution in [0.5, 0.6) is 0 Å². The van der Waals surface area contributed by atoms with Crippen LogP contribution in [0.3, 0.4) is 0 Å². The van der Waals surface area contributed by atoms with Gasteiger partial charge in [-0.2, -0.15) is 0 Å². The normalized spacial score (nSPS) is 21.4. The third-order valence-electron chi connectivity index (χ3n) is 4.14. The van der Waals surface area contributed by atoms with E-state index in [1.807, 2.05) is 25.1 Å². The molecule has 0 radical (unpaired) electrons. The van der Waals surface area contributed by atoms with Gasteiger partial charge in [0.1, 0.15) is 6.04 Å². The molecule has 2 amide bonds. The molecule has 1 unspecified atom stereocenters. The smallest absolute Gasteiger partial charge is 0.254 e. The molecule has 112 valence electrons. The molecular weight excluding hydrogens is 332 g/mol. The molecule has 0 bridgehead atoms. The van der Waals surface area contributed by atoms with Gasteiger partial charge in [-0.3, -0.25) is 9.59 Å². The standard InChI is InChI=1S/C16H19BrN2O2/c1-10-9-11(4-7-13(10)17)16(21)19-8-2-3-14(19)15(20)18-12-5-6-12/h4,7,9,12,14H,2-3,5-6,8H2,1H3,(H,18,20). The van der Waals surface area contributed by atoms with Crippen molar-refractivity contribution in [2.45, 2.75) is 44.7 Å². The predicted molar refractivity (Wildman–Crippen MR) is 84.1 cm³/mol. The van der Waals surface area contributed by atoms with Gasteiger partial charge < -0.3 is 10.2 Å². The average Bonchev–Trinajstić information content (AvgIpc) is 3.14. The Bertz CT molecular complexity index is 584. The van der Waals surface area contributed by atoms with E-state index in [9.17, 15) is 9.59 Å². The maximum absolute atomic E-state index is 12.7. The summed E-state index contributed by atoms with van der Waals surface area (Å²) in [6.07, 6.45) is 3.79. The predicted octanol–water partition coefficient (Wildman–Crippen LogP) is 2.64. The lowest BCUT2D eigenvalue weighted by molar-refractivity contribution is -0.125. The van der Waals surface area contributed by atoms with E-state index in [1.165, 1.54) is 0 Å². The Morgan fingerprint density at radius 2 is 2.05 bits per heavy atom. The summed E-state index contributed by atoms with van der Waals surface area (Å²) in [5, 5.41) is 3.01. The van der Waals surface area contributed by atoms with Crippen LogP contribution in [-0.4, -0.2) is 35.3 Å². The lowest BCUT2D eigenvalue weighted by Crippen LogP contribution is -2.46. The van der Waals surface area contributed by atoms with E-state index in [2.05, 4.69) is 21.2 Å². The molecule has 1 saturated heterocycles. The van der Waals surface area contributed by atoms with Gasteiger partial charge in [0.25, 0.3) is 5.91 Å². The number of rotatable bonds is 3. The van der Waals surface area contributed by atoms with E-state index in [0.29, 0.717) is 18.2 Å². The van der Waals surface area contributed by atoms with E-state index < -0.39 is 0 Å². The Kier molecular flexibility index (Phi) is 4.02. The van der Waals surface area contributed by atoms with Crippen molar-refractivity contribution in [3.63, 3.8) is 0 Å². The van der Waals surface area contributed by atoms with Crippen LogP contribution in [0.25, 0.3) is 0 Å². The number of halogens is 1. The van der Waals surface area contributed by atoms with Crippen molar-refractivity contribution in [3.8, 4) is 0 Å². The monoisotopic (exact) mass is 350 g/mol. The summed E-state index contributed by atoms with van der Waals surface area (Å²) in [5.74, 6) is -0.0313. The van der Waals surface area contributed by atoms with Crippen LogP contribution in [0.4, 0.5) is 0 Å². The van der Waals surface area contributed by atoms with E-state index in [4.69, 9.17) is 0 Å². The molecule has 3 rings (SSSR count). The molecule has 1 aromatic carbocycles. The number of likely N-dealkylation sites (tertiary alicyclic amines) is 1. The number of nitrogens with one attached hydrogen (secondary N) is 1. The van der Waals surface area contributed by atoms with Gasteiger partial charge in [0.05, 0.1) is 0 Å². The second kappa shape index (κ2) is 5.79. The third-order valence-corrected chi connectivity index (χ3v) is 5.03. The molecule has 1 aromatic rings. The zero-order chi connectivity index (χ0) is 15.0. The zero-order valence-electron chi connectivity index (χ0n) is 12.1. The van der Waals surface area contributed by atoms with Crippen LogP contribution in [0.2, 0.25) is 0 Å².